The van der Waals surface area contributed by atoms with Gasteiger partial charge in [0.25, 0.3) is 0 Å². The topological polar surface area (TPSA) is 488 Å². The van der Waals surface area contributed by atoms with Crippen molar-refractivity contribution in [1.82, 2.24) is 58.5 Å². The van der Waals surface area contributed by atoms with Gasteiger partial charge in [-0.3, -0.25) is 67.1 Å². The number of hydrogen-bond acceptors (Lipinski definition) is 18. The Bertz CT molecular complexity index is 3560. The predicted molar refractivity (Wildman–Crippen MR) is 336 cm³/mol. The van der Waals surface area contributed by atoms with Crippen LogP contribution in [0.15, 0.2) is 97.1 Å². The number of aliphatic carboxylic acids is 4. The van der Waals surface area contributed by atoms with E-state index in [1.54, 1.807) is 72.8 Å². The second-order valence-electron chi connectivity index (χ2n) is 22.3. The summed E-state index contributed by atoms with van der Waals surface area (Å²) in [4.78, 5) is 199. The molecule has 0 saturated carbocycles. The van der Waals surface area contributed by atoms with E-state index in [0.29, 0.717) is 33.6 Å². The van der Waals surface area contributed by atoms with E-state index in [1.165, 1.54) is 31.2 Å². The Hall–Kier alpha value is -11.1. The van der Waals surface area contributed by atoms with Crippen molar-refractivity contribution < 1.29 is 102 Å². The summed E-state index contributed by atoms with van der Waals surface area (Å²) in [6, 6.07) is 10.6. The number of benzene rings is 4. The predicted octanol–water partition coefficient (Wildman–Crippen LogP) is -1.88. The molecule has 0 unspecified atom stereocenters. The van der Waals surface area contributed by atoms with Crippen LogP contribution in [0.3, 0.4) is 0 Å². The molecule has 4 heterocycles. The number of carboxylic acid groups (broad SMARTS) is 4. The molecular weight excluding hydrogens is 1280 g/mol. The molecule has 0 radical (unpaired) electrons. The summed E-state index contributed by atoms with van der Waals surface area (Å²) in [7, 11) is 0. The van der Waals surface area contributed by atoms with Crippen molar-refractivity contribution in [2.24, 2.45) is 0 Å². The molecule has 512 valence electrons. The second kappa shape index (κ2) is 35.8. The largest absolute Gasteiger partial charge is 0.489 e. The van der Waals surface area contributed by atoms with E-state index in [0.717, 1.165) is 25.6 Å². The monoisotopic (exact) mass is 1350 g/mol. The second-order valence-corrected chi connectivity index (χ2v) is 23.4. The van der Waals surface area contributed by atoms with Crippen molar-refractivity contribution in [3.8, 4) is 11.5 Å². The molecule has 0 fully saturated rings. The van der Waals surface area contributed by atoms with Crippen molar-refractivity contribution in [3.63, 3.8) is 0 Å². The number of carboxylic acids is 4. The van der Waals surface area contributed by atoms with Crippen LogP contribution in [0.1, 0.15) is 85.9 Å². The van der Waals surface area contributed by atoms with E-state index >= 15 is 0 Å². The Balaban J connectivity index is 1.41. The summed E-state index contributed by atoms with van der Waals surface area (Å²) in [5.41, 5.74) is 2.73. The average molecular weight is 1350 g/mol. The van der Waals surface area contributed by atoms with E-state index in [4.69, 9.17) is 9.47 Å². The molecule has 4 aromatic rings. The van der Waals surface area contributed by atoms with Gasteiger partial charge in [0, 0.05) is 37.7 Å². The summed E-state index contributed by atoms with van der Waals surface area (Å²) < 4.78 is 12.3. The van der Waals surface area contributed by atoms with Crippen LogP contribution in [0.4, 0.5) is 0 Å². The highest BCUT2D eigenvalue weighted by Gasteiger charge is 2.35. The van der Waals surface area contributed by atoms with Crippen LogP contribution in [-0.2, 0) is 104 Å². The molecule has 8 rings (SSSR count). The average Bonchev–Trinajstić information content (AvgIpc) is 0.942. The molecule has 8 bridgehead atoms. The van der Waals surface area contributed by atoms with E-state index in [-0.39, 0.29) is 48.9 Å². The van der Waals surface area contributed by atoms with Crippen LogP contribution in [0.5, 0.6) is 11.5 Å². The van der Waals surface area contributed by atoms with Gasteiger partial charge in [-0.2, -0.15) is 11.8 Å². The van der Waals surface area contributed by atoms with Crippen LogP contribution in [0.25, 0.3) is 0 Å². The van der Waals surface area contributed by atoms with Gasteiger partial charge in [-0.1, -0.05) is 66.7 Å². The van der Waals surface area contributed by atoms with Gasteiger partial charge in [-0.25, -0.2) is 4.79 Å². The highest BCUT2D eigenvalue weighted by atomic mass is 32.2. The Morgan fingerprint density at radius 2 is 1.02 bits per heavy atom. The fourth-order valence-corrected chi connectivity index (χ4v) is 10.7. The summed E-state index contributed by atoms with van der Waals surface area (Å²) in [6.45, 7) is 1.52. The fraction of sp³-hybridized carbons (Fsp3) is 0.381. The van der Waals surface area contributed by atoms with Gasteiger partial charge in [0.05, 0.1) is 25.9 Å². The number of amides is 11. The Morgan fingerprint density at radius 1 is 0.510 bits per heavy atom. The Kier molecular flexibility index (Phi) is 27.6. The summed E-state index contributed by atoms with van der Waals surface area (Å²) >= 11 is 1.02. The molecule has 4 aromatic carbocycles. The lowest BCUT2D eigenvalue weighted by atomic mass is 10.0. The maximum Gasteiger partial charge on any atom is 0.330 e. The fourth-order valence-electron chi connectivity index (χ4n) is 9.66. The highest BCUT2D eigenvalue weighted by Crippen LogP contribution is 2.24. The van der Waals surface area contributed by atoms with Crippen LogP contribution in [-0.4, -0.2) is 176 Å². The first-order chi connectivity index (χ1) is 45.6. The SMILES string of the molecule is CC(=O)N[C@H]1Cc2ccc(cc2)OCc2cc3cc(c2)CSC[C@H](NC(=O)[C@H](CCC(=O)O)NC(=O)CNC(=O)[C@H](C)NC(=O)[C@H](CC(=O)O)NC1=O)C(=O)N[C@@H](CC(=O)O)C(=O)N[C@@H](C)C(=O)N[C@@H](Cc1ccccc1)C(=O)NCC(=O)N[C@H](C(=O)O)c1ccc(cc1)OC3. The highest BCUT2D eigenvalue weighted by molar-refractivity contribution is 7.98. The first kappa shape index (κ1) is 73.9. The van der Waals surface area contributed by atoms with Crippen molar-refractivity contribution >= 4 is 101 Å². The third-order valence-electron chi connectivity index (χ3n) is 14.5. The van der Waals surface area contributed by atoms with E-state index < -0.39 is 182 Å². The van der Waals surface area contributed by atoms with Gasteiger partial charge in [0.1, 0.15) is 73.0 Å². The molecule has 9 atom stereocenters. The lowest BCUT2D eigenvalue weighted by Gasteiger charge is -2.26. The molecule has 0 aliphatic carbocycles. The van der Waals surface area contributed by atoms with E-state index in [2.05, 4.69) is 58.5 Å². The number of thioether (sulfide) groups is 1. The number of nitrogens with one attached hydrogen (secondary N) is 11. The first-order valence-electron chi connectivity index (χ1n) is 29.9. The molecule has 4 aliphatic rings. The van der Waals surface area contributed by atoms with Crippen molar-refractivity contribution in [1.29, 1.82) is 0 Å². The summed E-state index contributed by atoms with van der Waals surface area (Å²) in [5.74, 6) is -17.3. The van der Waals surface area contributed by atoms with Gasteiger partial charge in [0.2, 0.25) is 65.0 Å². The normalized spacial score (nSPS) is 22.8. The number of carbonyl (C=O) groups excluding carboxylic acids is 11. The third kappa shape index (κ3) is 24.1. The minimum Gasteiger partial charge on any atom is -0.489 e. The van der Waals surface area contributed by atoms with Gasteiger partial charge in [0.15, 0.2) is 6.04 Å². The summed E-state index contributed by atoms with van der Waals surface area (Å²) in [6.07, 6.45) is -3.83. The zero-order valence-corrected chi connectivity index (χ0v) is 52.9. The Labute approximate surface area is 552 Å². The van der Waals surface area contributed by atoms with Gasteiger partial charge < -0.3 is 88.4 Å². The molecule has 0 saturated heterocycles. The minimum atomic E-state index is -1.99. The number of fused-ring (bicyclic) bond motifs is 35. The lowest BCUT2D eigenvalue weighted by molar-refractivity contribution is -0.142. The molecule has 0 spiro atoms. The lowest BCUT2D eigenvalue weighted by Crippen LogP contribution is -2.60. The first-order valence-corrected chi connectivity index (χ1v) is 31.0. The zero-order valence-electron chi connectivity index (χ0n) is 52.1. The molecule has 15 N–H and O–H groups in total. The molecule has 4 aliphatic heterocycles. The quantitative estimate of drug-likeness (QED) is 0.0731. The van der Waals surface area contributed by atoms with E-state index in [1.807, 2.05) is 0 Å². The number of carbonyl (C=O) groups is 15. The molecule has 33 heteroatoms. The number of rotatable bonds is 11. The molecule has 11 amide bonds. The van der Waals surface area contributed by atoms with Gasteiger partial charge >= 0.3 is 23.9 Å². The zero-order chi connectivity index (χ0) is 70.2. The van der Waals surface area contributed by atoms with Crippen molar-refractivity contribution in [2.75, 3.05) is 18.8 Å². The summed E-state index contributed by atoms with van der Waals surface area (Å²) in [5, 5.41) is 65.5. The minimum absolute atomic E-state index is 0.0268. The number of hydrogen-bond donors (Lipinski definition) is 15. The van der Waals surface area contributed by atoms with Crippen LogP contribution in [0, 0.1) is 0 Å². The standard InChI is InChI=1S/C63H73N11O21S/c1-32-55(84)64-26-49(76)69-43(17-18-51(78)79)58(87)73-48-31-96-30-39-20-37(28-94-41-13-9-36(10-14-41)23-45(68-34(3)75)61(90)71-46(24-52(80)81)59(88)66-32)19-38(21-39)29-95-42-15-11-40(12-16-42)54(63(92)93)74-50(77)27-65-57(86)44(22-35-7-5-4-6-8-35)70-56(85)33(2)67-60(89)47(25-53(82)83)72-62(48)91/h4-16,19-21,32-33,43-48,54H,17-18,22-31H2,1-3H3,(H,64,84)(H,65,86)(H,66,88)(H,67,89)(H,68,75)(H,69,76)(H,70,85)(H,71,90)(H,72,91)(H,73,87)(H,74,77)(H,78,79)(H,80,81)(H,82,83)(H,92,93)/t32-,33-,43-,44-,45-,46-,47-,48-,54-/m0/s1. The van der Waals surface area contributed by atoms with Crippen molar-refractivity contribution in [2.45, 2.75) is 133 Å². The maximum atomic E-state index is 14.6. The Morgan fingerprint density at radius 3 is 1.57 bits per heavy atom. The molecular formula is C63H73N11O21S. The van der Waals surface area contributed by atoms with Crippen LogP contribution < -0.4 is 68.0 Å². The number of ether oxygens (including phenoxy) is 2. The van der Waals surface area contributed by atoms with E-state index in [9.17, 15) is 92.3 Å². The van der Waals surface area contributed by atoms with Crippen LogP contribution in [0.2, 0.25) is 0 Å². The van der Waals surface area contributed by atoms with Gasteiger partial charge in [-0.15, -0.1) is 0 Å². The molecule has 96 heavy (non-hydrogen) atoms. The smallest absolute Gasteiger partial charge is 0.330 e. The van der Waals surface area contributed by atoms with Gasteiger partial charge in [-0.05, 0) is 84.0 Å². The molecule has 0 aromatic heterocycles. The molecule has 32 nitrogen and oxygen atoms in total. The maximum absolute atomic E-state index is 14.6. The third-order valence-corrected chi connectivity index (χ3v) is 15.6. The van der Waals surface area contributed by atoms with Crippen LogP contribution >= 0.6 is 11.8 Å². The van der Waals surface area contributed by atoms with Crippen molar-refractivity contribution in [3.05, 3.63) is 130 Å².